The summed E-state index contributed by atoms with van der Waals surface area (Å²) in [6.07, 6.45) is 4.99. The maximum absolute atomic E-state index is 14.0. The molecule has 0 spiro atoms. The highest BCUT2D eigenvalue weighted by molar-refractivity contribution is 5.74. The molecular weight excluding hydrogens is 495 g/mol. The Balaban J connectivity index is 1.77. The van der Waals surface area contributed by atoms with E-state index in [1.54, 1.807) is 18.1 Å². The number of benzene rings is 1. The molecule has 1 aliphatic heterocycles. The number of likely N-dealkylation sites (N-methyl/N-ethyl adjacent to an activating group) is 1. The molecule has 3 N–H and O–H groups in total. The van der Waals surface area contributed by atoms with Crippen molar-refractivity contribution >= 4 is 6.03 Å². The highest BCUT2D eigenvalue weighted by Crippen LogP contribution is 2.45. The van der Waals surface area contributed by atoms with E-state index in [4.69, 9.17) is 4.74 Å². The number of carbonyl (C=O) groups is 1. The number of methoxy groups -OCH3 is 1. The lowest BCUT2D eigenvalue weighted by Crippen LogP contribution is -2.54. The number of likely N-dealkylation sites (tertiary alicyclic amines) is 1. The topological polar surface area (TPSA) is 73.8 Å². The Morgan fingerprint density at radius 3 is 2.47 bits per heavy atom. The van der Waals surface area contributed by atoms with Crippen LogP contribution < -0.4 is 10.6 Å². The average molecular weight is 542 g/mol. The van der Waals surface area contributed by atoms with Crippen molar-refractivity contribution in [3.63, 3.8) is 0 Å². The quantitative estimate of drug-likeness (QED) is 0.297. The number of nitrogens with zero attached hydrogens (tertiary/aromatic N) is 1. The van der Waals surface area contributed by atoms with Gasteiger partial charge in [-0.2, -0.15) is 13.2 Å². The molecule has 2 amide bonds. The van der Waals surface area contributed by atoms with Crippen LogP contribution in [-0.4, -0.2) is 62.5 Å². The second-order valence-electron chi connectivity index (χ2n) is 11.1. The molecule has 9 heteroatoms. The number of unbranched alkanes of at least 4 members (excludes halogenated alkanes) is 1. The normalized spacial score (nSPS) is 21.6. The van der Waals surface area contributed by atoms with Crippen LogP contribution in [0.1, 0.15) is 81.8 Å². The minimum atomic E-state index is -4.58. The van der Waals surface area contributed by atoms with Crippen LogP contribution in [0.3, 0.4) is 0 Å². The molecule has 1 aliphatic carbocycles. The molecule has 1 aromatic carbocycles. The number of urea groups is 1. The second-order valence-corrected chi connectivity index (χ2v) is 11.1. The summed E-state index contributed by atoms with van der Waals surface area (Å²) in [7, 11) is 3.46. The van der Waals surface area contributed by atoms with Crippen LogP contribution in [0, 0.1) is 11.8 Å². The van der Waals surface area contributed by atoms with Crippen LogP contribution in [0.15, 0.2) is 24.3 Å². The molecule has 0 aromatic heterocycles. The SMILES string of the molecule is CNCC(CC1CCCCC1)NC(=O)N1CCCC(C(O)(CCCCOC)c2ccccc2C(F)(F)F)C1. The molecule has 1 heterocycles. The molecule has 0 radical (unpaired) electrons. The van der Waals surface area contributed by atoms with E-state index in [1.165, 1.54) is 44.2 Å². The number of rotatable bonds is 12. The number of halogens is 3. The molecule has 1 saturated heterocycles. The van der Waals surface area contributed by atoms with E-state index in [0.29, 0.717) is 51.3 Å². The van der Waals surface area contributed by atoms with Crippen LogP contribution in [-0.2, 0) is 16.5 Å². The van der Waals surface area contributed by atoms with Crippen molar-refractivity contribution < 1.29 is 27.8 Å². The first kappa shape index (κ1) is 30.7. The summed E-state index contributed by atoms with van der Waals surface area (Å²) in [6.45, 7) is 1.89. The molecule has 2 fully saturated rings. The first-order chi connectivity index (χ1) is 18.2. The number of hydrogen-bond donors (Lipinski definition) is 3. The summed E-state index contributed by atoms with van der Waals surface area (Å²) in [5.74, 6) is 0.0988. The number of ether oxygens (including phenoxy) is 1. The van der Waals surface area contributed by atoms with Gasteiger partial charge in [0.05, 0.1) is 11.2 Å². The summed E-state index contributed by atoms with van der Waals surface area (Å²) in [4.78, 5) is 15.1. The number of hydrogen-bond acceptors (Lipinski definition) is 4. The Morgan fingerprint density at radius 2 is 1.82 bits per heavy atom. The van der Waals surface area contributed by atoms with Gasteiger partial charge in [-0.1, -0.05) is 50.3 Å². The van der Waals surface area contributed by atoms with E-state index < -0.39 is 23.3 Å². The average Bonchev–Trinajstić information content (AvgIpc) is 2.91. The van der Waals surface area contributed by atoms with Crippen LogP contribution >= 0.6 is 0 Å². The highest BCUT2D eigenvalue weighted by atomic mass is 19.4. The van der Waals surface area contributed by atoms with E-state index in [0.717, 1.165) is 12.5 Å². The zero-order valence-electron chi connectivity index (χ0n) is 23.0. The van der Waals surface area contributed by atoms with Gasteiger partial charge in [-0.3, -0.25) is 0 Å². The van der Waals surface area contributed by atoms with E-state index in [9.17, 15) is 23.1 Å². The fourth-order valence-corrected chi connectivity index (χ4v) is 6.39. The molecule has 216 valence electrons. The lowest BCUT2D eigenvalue weighted by molar-refractivity contribution is -0.143. The molecule has 1 aromatic rings. The van der Waals surface area contributed by atoms with Gasteiger partial charge in [0.15, 0.2) is 0 Å². The highest BCUT2D eigenvalue weighted by Gasteiger charge is 2.46. The minimum Gasteiger partial charge on any atom is -0.385 e. The van der Waals surface area contributed by atoms with Crippen molar-refractivity contribution in [1.29, 1.82) is 0 Å². The number of nitrogens with one attached hydrogen (secondary N) is 2. The number of carbonyl (C=O) groups excluding carboxylic acids is 1. The number of aliphatic hydroxyl groups is 1. The largest absolute Gasteiger partial charge is 0.416 e. The Hall–Kier alpha value is -1.84. The van der Waals surface area contributed by atoms with Crippen LogP contribution in [0.4, 0.5) is 18.0 Å². The Kier molecular flexibility index (Phi) is 11.7. The first-order valence-electron chi connectivity index (χ1n) is 14.3. The maximum atomic E-state index is 14.0. The molecule has 38 heavy (non-hydrogen) atoms. The van der Waals surface area contributed by atoms with Crippen molar-refractivity contribution in [2.75, 3.05) is 40.4 Å². The predicted molar refractivity (Wildman–Crippen MR) is 143 cm³/mol. The predicted octanol–water partition coefficient (Wildman–Crippen LogP) is 5.69. The van der Waals surface area contributed by atoms with Crippen molar-refractivity contribution in [2.45, 2.75) is 88.4 Å². The molecule has 0 bridgehead atoms. The Bertz CT molecular complexity index is 863. The van der Waals surface area contributed by atoms with Gasteiger partial charge in [0.1, 0.15) is 0 Å². The number of alkyl halides is 3. The van der Waals surface area contributed by atoms with Crippen molar-refractivity contribution in [3.8, 4) is 0 Å². The van der Waals surface area contributed by atoms with Crippen molar-refractivity contribution in [3.05, 3.63) is 35.4 Å². The third-order valence-corrected chi connectivity index (χ3v) is 8.36. The molecule has 3 unspecified atom stereocenters. The van der Waals surface area contributed by atoms with E-state index in [-0.39, 0.29) is 30.6 Å². The monoisotopic (exact) mass is 541 g/mol. The molecule has 6 nitrogen and oxygen atoms in total. The van der Waals surface area contributed by atoms with E-state index in [2.05, 4.69) is 10.6 Å². The summed E-state index contributed by atoms with van der Waals surface area (Å²) >= 11 is 0. The zero-order valence-corrected chi connectivity index (χ0v) is 23.0. The van der Waals surface area contributed by atoms with Gasteiger partial charge >= 0.3 is 12.2 Å². The maximum Gasteiger partial charge on any atom is 0.416 e. The molecule has 2 aliphatic rings. The lowest BCUT2D eigenvalue weighted by Gasteiger charge is -2.44. The van der Waals surface area contributed by atoms with Gasteiger partial charge < -0.3 is 25.4 Å². The number of amides is 2. The van der Waals surface area contributed by atoms with Crippen LogP contribution in [0.25, 0.3) is 0 Å². The third-order valence-electron chi connectivity index (χ3n) is 8.36. The lowest BCUT2D eigenvalue weighted by atomic mass is 9.72. The fraction of sp³-hybridized carbons (Fsp3) is 0.759. The second kappa shape index (κ2) is 14.5. The standard InChI is InChI=1S/C29H46F3N3O3/c1-33-20-24(19-22-11-4-3-5-12-22)34-27(36)35-17-10-13-23(21-35)28(37,16-8-9-18-38-2)25-14-6-7-15-26(25)29(30,31)32/h6-7,14-15,22-24,33,37H,3-5,8-13,16-21H2,1-2H3,(H,34,36). The zero-order chi connectivity index (χ0) is 27.6. The third kappa shape index (κ3) is 8.33. The first-order valence-corrected chi connectivity index (χ1v) is 14.3. The number of piperidine rings is 1. The summed E-state index contributed by atoms with van der Waals surface area (Å²) in [5, 5.41) is 18.4. The van der Waals surface area contributed by atoms with Gasteiger partial charge in [-0.15, -0.1) is 0 Å². The molecular formula is C29H46F3N3O3. The van der Waals surface area contributed by atoms with Crippen molar-refractivity contribution in [1.82, 2.24) is 15.5 Å². The summed E-state index contributed by atoms with van der Waals surface area (Å²) in [5.41, 5.74) is -2.61. The molecule has 3 rings (SSSR count). The Labute approximate surface area is 225 Å². The summed E-state index contributed by atoms with van der Waals surface area (Å²) in [6, 6.07) is 5.13. The fourth-order valence-electron chi connectivity index (χ4n) is 6.39. The van der Waals surface area contributed by atoms with E-state index in [1.807, 2.05) is 7.05 Å². The van der Waals surface area contributed by atoms with E-state index >= 15 is 0 Å². The van der Waals surface area contributed by atoms with Gasteiger partial charge in [0, 0.05) is 45.3 Å². The van der Waals surface area contributed by atoms with Crippen LogP contribution in [0.5, 0.6) is 0 Å². The molecule has 1 saturated carbocycles. The Morgan fingerprint density at radius 1 is 1.11 bits per heavy atom. The van der Waals surface area contributed by atoms with Gasteiger partial charge in [-0.05, 0) is 63.1 Å². The smallest absolute Gasteiger partial charge is 0.385 e. The van der Waals surface area contributed by atoms with Crippen molar-refractivity contribution in [2.24, 2.45) is 11.8 Å². The van der Waals surface area contributed by atoms with Gasteiger partial charge in [0.25, 0.3) is 0 Å². The van der Waals surface area contributed by atoms with Crippen LogP contribution in [0.2, 0.25) is 0 Å². The summed E-state index contributed by atoms with van der Waals surface area (Å²) < 4.78 is 47.1. The van der Waals surface area contributed by atoms with Gasteiger partial charge in [-0.25, -0.2) is 4.79 Å². The molecule has 3 atom stereocenters. The minimum absolute atomic E-state index is 0.00476. The van der Waals surface area contributed by atoms with Gasteiger partial charge in [0.2, 0.25) is 0 Å².